The fraction of sp³-hybridized carbons (Fsp3) is 0.650. The molecule has 132 valence electrons. The number of likely N-dealkylation sites (tertiary alicyclic amines) is 2. The second-order valence-corrected chi connectivity index (χ2v) is 7.36. The second kappa shape index (κ2) is 8.13. The van der Waals surface area contributed by atoms with E-state index < -0.39 is 0 Å². The molecule has 2 atom stereocenters. The summed E-state index contributed by atoms with van der Waals surface area (Å²) in [6.45, 7) is 4.94. The lowest BCUT2D eigenvalue weighted by Gasteiger charge is -2.37. The third kappa shape index (κ3) is 3.98. The lowest BCUT2D eigenvalue weighted by Crippen LogP contribution is -2.51. The van der Waals surface area contributed by atoms with Gasteiger partial charge >= 0.3 is 0 Å². The van der Waals surface area contributed by atoms with E-state index in [1.165, 1.54) is 5.56 Å². The normalized spacial score (nSPS) is 24.2. The van der Waals surface area contributed by atoms with Gasteiger partial charge in [-0.25, -0.2) is 0 Å². The Morgan fingerprint density at radius 2 is 1.88 bits per heavy atom. The Morgan fingerprint density at radius 3 is 2.54 bits per heavy atom. The van der Waals surface area contributed by atoms with Gasteiger partial charge in [0.1, 0.15) is 0 Å². The van der Waals surface area contributed by atoms with Gasteiger partial charge in [-0.3, -0.25) is 9.69 Å². The van der Waals surface area contributed by atoms with Crippen LogP contribution in [0.5, 0.6) is 0 Å². The van der Waals surface area contributed by atoms with E-state index >= 15 is 0 Å². The fourth-order valence-corrected chi connectivity index (χ4v) is 4.20. The average molecular weight is 330 g/mol. The van der Waals surface area contributed by atoms with Crippen molar-refractivity contribution in [1.29, 1.82) is 0 Å². The first kappa shape index (κ1) is 17.4. The van der Waals surface area contributed by atoms with Gasteiger partial charge < -0.3 is 10.0 Å². The van der Waals surface area contributed by atoms with Crippen LogP contribution in [0.1, 0.15) is 38.2 Å². The minimum atomic E-state index is -0.0603. The summed E-state index contributed by atoms with van der Waals surface area (Å²) in [5, 5.41) is 9.44. The summed E-state index contributed by atoms with van der Waals surface area (Å²) in [6, 6.07) is 10.7. The molecule has 1 aromatic carbocycles. The van der Waals surface area contributed by atoms with Crippen molar-refractivity contribution in [2.45, 2.75) is 51.1 Å². The first-order valence-corrected chi connectivity index (χ1v) is 9.38. The molecule has 2 aliphatic heterocycles. The summed E-state index contributed by atoms with van der Waals surface area (Å²) in [5.74, 6) is 0.927. The molecule has 1 amide bonds. The van der Waals surface area contributed by atoms with Gasteiger partial charge in [0.15, 0.2) is 0 Å². The smallest absolute Gasteiger partial charge is 0.239 e. The molecule has 0 aliphatic carbocycles. The minimum Gasteiger partial charge on any atom is -0.394 e. The molecule has 0 spiro atoms. The highest BCUT2D eigenvalue weighted by molar-refractivity contribution is 5.82. The van der Waals surface area contributed by atoms with Gasteiger partial charge in [-0.2, -0.15) is 0 Å². The highest BCUT2D eigenvalue weighted by Crippen LogP contribution is 2.25. The number of amides is 1. The van der Waals surface area contributed by atoms with E-state index in [-0.39, 0.29) is 24.6 Å². The van der Waals surface area contributed by atoms with Crippen LogP contribution < -0.4 is 0 Å². The minimum absolute atomic E-state index is 0.0376. The van der Waals surface area contributed by atoms with E-state index in [0.29, 0.717) is 0 Å². The van der Waals surface area contributed by atoms with E-state index in [1.807, 2.05) is 11.8 Å². The zero-order valence-electron chi connectivity index (χ0n) is 14.7. The topological polar surface area (TPSA) is 43.8 Å². The van der Waals surface area contributed by atoms with Crippen molar-refractivity contribution in [3.05, 3.63) is 35.9 Å². The highest BCUT2D eigenvalue weighted by atomic mass is 16.3. The predicted molar refractivity (Wildman–Crippen MR) is 95.7 cm³/mol. The molecule has 2 aliphatic rings. The van der Waals surface area contributed by atoms with E-state index in [9.17, 15) is 9.90 Å². The monoisotopic (exact) mass is 330 g/mol. The van der Waals surface area contributed by atoms with Crippen LogP contribution in [0.15, 0.2) is 30.3 Å². The SMILES string of the molecule is CC(C(=O)N1CCCC1CO)N1CCC(Cc2ccccc2)CC1. The van der Waals surface area contributed by atoms with Crippen molar-refractivity contribution < 1.29 is 9.90 Å². The molecule has 1 aromatic rings. The molecule has 2 fully saturated rings. The Kier molecular flexibility index (Phi) is 5.90. The number of benzene rings is 1. The maximum Gasteiger partial charge on any atom is 0.239 e. The number of aliphatic hydroxyl groups is 1. The van der Waals surface area contributed by atoms with Crippen molar-refractivity contribution in [1.82, 2.24) is 9.80 Å². The molecule has 0 radical (unpaired) electrons. The van der Waals surface area contributed by atoms with Gasteiger partial charge in [-0.05, 0) is 63.6 Å². The molecule has 2 saturated heterocycles. The van der Waals surface area contributed by atoms with E-state index in [4.69, 9.17) is 0 Å². The third-order valence-corrected chi connectivity index (χ3v) is 5.79. The number of carbonyl (C=O) groups excluding carboxylic acids is 1. The number of nitrogens with zero attached hydrogens (tertiary/aromatic N) is 2. The molecule has 24 heavy (non-hydrogen) atoms. The predicted octanol–water partition coefficient (Wildman–Crippen LogP) is 2.31. The molecule has 1 N–H and O–H groups in total. The maximum absolute atomic E-state index is 12.8. The van der Waals surface area contributed by atoms with E-state index in [0.717, 1.165) is 57.7 Å². The van der Waals surface area contributed by atoms with Gasteiger partial charge in [0.05, 0.1) is 18.7 Å². The zero-order chi connectivity index (χ0) is 16.9. The first-order chi connectivity index (χ1) is 11.7. The number of aliphatic hydroxyl groups excluding tert-OH is 1. The molecular weight excluding hydrogens is 300 g/mol. The number of piperidine rings is 1. The quantitative estimate of drug-likeness (QED) is 0.901. The van der Waals surface area contributed by atoms with Crippen LogP contribution in [0.3, 0.4) is 0 Å². The lowest BCUT2D eigenvalue weighted by molar-refractivity contribution is -0.138. The summed E-state index contributed by atoms with van der Waals surface area (Å²) in [5.41, 5.74) is 1.42. The Bertz CT molecular complexity index is 526. The molecule has 4 nitrogen and oxygen atoms in total. The van der Waals surface area contributed by atoms with Crippen molar-refractivity contribution in [2.24, 2.45) is 5.92 Å². The Morgan fingerprint density at radius 1 is 1.17 bits per heavy atom. The van der Waals surface area contributed by atoms with Crippen LogP contribution in [0.2, 0.25) is 0 Å². The molecular formula is C20H30N2O2. The summed E-state index contributed by atoms with van der Waals surface area (Å²) in [6.07, 6.45) is 5.43. The summed E-state index contributed by atoms with van der Waals surface area (Å²) >= 11 is 0. The van der Waals surface area contributed by atoms with E-state index in [1.54, 1.807) is 0 Å². The number of hydrogen-bond donors (Lipinski definition) is 1. The Hall–Kier alpha value is -1.39. The van der Waals surface area contributed by atoms with Crippen molar-refractivity contribution >= 4 is 5.91 Å². The van der Waals surface area contributed by atoms with Gasteiger partial charge in [-0.1, -0.05) is 30.3 Å². The van der Waals surface area contributed by atoms with Crippen LogP contribution >= 0.6 is 0 Å². The Balaban J connectivity index is 1.49. The molecule has 0 bridgehead atoms. The van der Waals surface area contributed by atoms with Crippen LogP contribution in [-0.4, -0.2) is 59.1 Å². The van der Waals surface area contributed by atoms with Crippen molar-refractivity contribution in [3.63, 3.8) is 0 Å². The van der Waals surface area contributed by atoms with Gasteiger partial charge in [0, 0.05) is 6.54 Å². The van der Waals surface area contributed by atoms with Crippen molar-refractivity contribution in [3.8, 4) is 0 Å². The molecule has 4 heteroatoms. The maximum atomic E-state index is 12.8. The van der Waals surface area contributed by atoms with Gasteiger partial charge in [0.25, 0.3) is 0 Å². The van der Waals surface area contributed by atoms with Crippen LogP contribution in [-0.2, 0) is 11.2 Å². The first-order valence-electron chi connectivity index (χ1n) is 9.38. The van der Waals surface area contributed by atoms with E-state index in [2.05, 4.69) is 35.2 Å². The number of rotatable bonds is 5. The molecule has 0 aromatic heterocycles. The highest BCUT2D eigenvalue weighted by Gasteiger charge is 2.34. The largest absolute Gasteiger partial charge is 0.394 e. The number of hydrogen-bond acceptors (Lipinski definition) is 3. The molecule has 3 rings (SSSR count). The van der Waals surface area contributed by atoms with Crippen LogP contribution in [0.4, 0.5) is 0 Å². The Labute approximate surface area is 145 Å². The van der Waals surface area contributed by atoms with Crippen LogP contribution in [0.25, 0.3) is 0 Å². The zero-order valence-corrected chi connectivity index (χ0v) is 14.7. The summed E-state index contributed by atoms with van der Waals surface area (Å²) in [4.78, 5) is 17.0. The van der Waals surface area contributed by atoms with Gasteiger partial charge in [0.2, 0.25) is 5.91 Å². The molecule has 2 heterocycles. The fourth-order valence-electron chi connectivity index (χ4n) is 4.20. The van der Waals surface area contributed by atoms with Gasteiger partial charge in [-0.15, -0.1) is 0 Å². The standard InChI is InChI=1S/C20H30N2O2/c1-16(20(24)22-11-5-8-19(22)15-23)21-12-9-18(10-13-21)14-17-6-3-2-4-7-17/h2-4,6-7,16,18-19,23H,5,8-15H2,1H3. The summed E-state index contributed by atoms with van der Waals surface area (Å²) in [7, 11) is 0. The molecule has 0 saturated carbocycles. The lowest BCUT2D eigenvalue weighted by atomic mass is 9.89. The average Bonchev–Trinajstić information content (AvgIpc) is 3.11. The second-order valence-electron chi connectivity index (χ2n) is 7.36. The number of carbonyl (C=O) groups is 1. The van der Waals surface area contributed by atoms with Crippen molar-refractivity contribution in [2.75, 3.05) is 26.2 Å². The third-order valence-electron chi connectivity index (χ3n) is 5.79. The molecule has 2 unspecified atom stereocenters. The summed E-state index contributed by atoms with van der Waals surface area (Å²) < 4.78 is 0. The van der Waals surface area contributed by atoms with Crippen LogP contribution in [0, 0.1) is 5.92 Å².